The lowest BCUT2D eigenvalue weighted by Crippen LogP contribution is -2.03. The average Bonchev–Trinajstić information content (AvgIpc) is 3.21. The molecule has 1 aliphatic carbocycles. The van der Waals surface area contributed by atoms with Crippen molar-refractivity contribution in [1.82, 2.24) is 34.9 Å². The SMILES string of the molecule is CCNc1cnc(-c2noc(-c3cc(C4CC4)nc4c3cnn4Cc3ccc(C)o3)n2)cn1. The normalized spacial score (nSPS) is 13.6. The number of anilines is 1. The molecule has 6 rings (SSSR count). The van der Waals surface area contributed by atoms with Crippen LogP contribution in [0.5, 0.6) is 0 Å². The number of hydrogen-bond acceptors (Lipinski definition) is 9. The van der Waals surface area contributed by atoms with Crippen molar-refractivity contribution in [2.24, 2.45) is 0 Å². The summed E-state index contributed by atoms with van der Waals surface area (Å²) in [5.74, 6) is 3.65. The second kappa shape index (κ2) is 7.80. The lowest BCUT2D eigenvalue weighted by atomic mass is 10.1. The number of hydrogen-bond donors (Lipinski definition) is 1. The monoisotopic (exact) mass is 442 g/mol. The molecule has 0 amide bonds. The van der Waals surface area contributed by atoms with E-state index in [1.165, 1.54) is 0 Å². The predicted octanol–water partition coefficient (Wildman–Crippen LogP) is 4.20. The first-order chi connectivity index (χ1) is 16.2. The highest BCUT2D eigenvalue weighted by Crippen LogP contribution is 2.41. The molecule has 166 valence electrons. The number of aryl methyl sites for hydroxylation is 1. The summed E-state index contributed by atoms with van der Waals surface area (Å²) >= 11 is 0. The Hall–Kier alpha value is -4.08. The van der Waals surface area contributed by atoms with Gasteiger partial charge in [-0.1, -0.05) is 5.16 Å². The standard InChI is InChI=1S/C23H22N8O2/c1-3-24-20-11-25-19(10-26-20)21-29-23(33-30-21)16-8-18(14-5-6-14)28-22-17(16)9-27-31(22)12-15-7-4-13(2)32-15/h4,7-11,14H,3,5-6,12H2,1-2H3,(H,24,26). The third-order valence-electron chi connectivity index (χ3n) is 5.62. The first-order valence-corrected chi connectivity index (χ1v) is 11.0. The lowest BCUT2D eigenvalue weighted by molar-refractivity contribution is 0.432. The van der Waals surface area contributed by atoms with Crippen LogP contribution in [0, 0.1) is 6.92 Å². The third-order valence-corrected chi connectivity index (χ3v) is 5.62. The van der Waals surface area contributed by atoms with Crippen LogP contribution in [0.3, 0.4) is 0 Å². The summed E-state index contributed by atoms with van der Waals surface area (Å²) in [6, 6.07) is 5.95. The van der Waals surface area contributed by atoms with Gasteiger partial charge in [-0.2, -0.15) is 10.1 Å². The van der Waals surface area contributed by atoms with Gasteiger partial charge in [0.1, 0.15) is 29.6 Å². The van der Waals surface area contributed by atoms with Gasteiger partial charge in [0, 0.05) is 18.2 Å². The number of fused-ring (bicyclic) bond motifs is 1. The molecular weight excluding hydrogens is 420 g/mol. The summed E-state index contributed by atoms with van der Waals surface area (Å²) in [4.78, 5) is 18.3. The first-order valence-electron chi connectivity index (χ1n) is 11.0. The van der Waals surface area contributed by atoms with Gasteiger partial charge >= 0.3 is 0 Å². The zero-order chi connectivity index (χ0) is 22.4. The molecule has 5 heterocycles. The molecule has 10 nitrogen and oxygen atoms in total. The first kappa shape index (κ1) is 19.6. The van der Waals surface area contributed by atoms with Crippen LogP contribution in [-0.4, -0.2) is 41.4 Å². The smallest absolute Gasteiger partial charge is 0.259 e. The molecule has 33 heavy (non-hydrogen) atoms. The number of furan rings is 1. The fourth-order valence-electron chi connectivity index (χ4n) is 3.82. The molecule has 1 aliphatic rings. The zero-order valence-electron chi connectivity index (χ0n) is 18.3. The topological polar surface area (TPSA) is 121 Å². The van der Waals surface area contributed by atoms with Gasteiger partial charge in [-0.05, 0) is 44.9 Å². The van der Waals surface area contributed by atoms with Crippen LogP contribution in [-0.2, 0) is 6.54 Å². The number of nitrogens with zero attached hydrogens (tertiary/aromatic N) is 7. The summed E-state index contributed by atoms with van der Waals surface area (Å²) in [7, 11) is 0. The highest BCUT2D eigenvalue weighted by Gasteiger charge is 2.28. The predicted molar refractivity (Wildman–Crippen MR) is 121 cm³/mol. The van der Waals surface area contributed by atoms with Gasteiger partial charge in [0.2, 0.25) is 5.82 Å². The minimum Gasteiger partial charge on any atom is -0.464 e. The van der Waals surface area contributed by atoms with Crippen LogP contribution >= 0.6 is 0 Å². The van der Waals surface area contributed by atoms with Crippen molar-refractivity contribution in [3.8, 4) is 23.0 Å². The molecule has 1 fully saturated rings. The maximum absolute atomic E-state index is 5.74. The van der Waals surface area contributed by atoms with Crippen molar-refractivity contribution in [2.45, 2.75) is 39.2 Å². The van der Waals surface area contributed by atoms with E-state index in [0.717, 1.165) is 53.2 Å². The van der Waals surface area contributed by atoms with Crippen LogP contribution in [0.1, 0.15) is 42.9 Å². The Morgan fingerprint density at radius 3 is 2.76 bits per heavy atom. The van der Waals surface area contributed by atoms with Crippen molar-refractivity contribution in [3.05, 3.63) is 54.0 Å². The van der Waals surface area contributed by atoms with Gasteiger partial charge in [0.25, 0.3) is 5.89 Å². The fraction of sp³-hybridized carbons (Fsp3) is 0.304. The molecule has 10 heteroatoms. The highest BCUT2D eigenvalue weighted by molar-refractivity contribution is 5.90. The molecule has 0 radical (unpaired) electrons. The summed E-state index contributed by atoms with van der Waals surface area (Å²) in [6.45, 7) is 5.21. The molecule has 0 aromatic carbocycles. The van der Waals surface area contributed by atoms with Gasteiger partial charge in [-0.25, -0.2) is 19.6 Å². The van der Waals surface area contributed by atoms with Crippen LogP contribution in [0.2, 0.25) is 0 Å². The second-order valence-corrected chi connectivity index (χ2v) is 8.16. The second-order valence-electron chi connectivity index (χ2n) is 8.16. The molecule has 5 aromatic rings. The molecular formula is C23H22N8O2. The van der Waals surface area contributed by atoms with Gasteiger partial charge in [0.05, 0.1) is 29.5 Å². The van der Waals surface area contributed by atoms with Crippen molar-refractivity contribution in [1.29, 1.82) is 0 Å². The molecule has 0 spiro atoms. The zero-order valence-corrected chi connectivity index (χ0v) is 18.3. The molecule has 0 aliphatic heterocycles. The summed E-state index contributed by atoms with van der Waals surface area (Å²) in [5.41, 5.74) is 3.16. The summed E-state index contributed by atoms with van der Waals surface area (Å²) in [6.07, 6.45) is 7.34. The average molecular weight is 442 g/mol. The van der Waals surface area contributed by atoms with E-state index in [1.807, 2.05) is 36.7 Å². The van der Waals surface area contributed by atoms with Crippen molar-refractivity contribution >= 4 is 16.9 Å². The minimum absolute atomic E-state index is 0.386. The number of rotatable bonds is 7. The van der Waals surface area contributed by atoms with Crippen LogP contribution in [0.15, 0.2) is 45.7 Å². The maximum Gasteiger partial charge on any atom is 0.259 e. The minimum atomic E-state index is 0.386. The van der Waals surface area contributed by atoms with E-state index in [2.05, 4.69) is 30.5 Å². The Morgan fingerprint density at radius 2 is 2.03 bits per heavy atom. The van der Waals surface area contributed by atoms with E-state index in [4.69, 9.17) is 13.9 Å². The van der Waals surface area contributed by atoms with Gasteiger partial charge in [-0.15, -0.1) is 0 Å². The van der Waals surface area contributed by atoms with E-state index >= 15 is 0 Å². The Bertz CT molecular complexity index is 1430. The number of nitrogens with one attached hydrogen (secondary N) is 1. The van der Waals surface area contributed by atoms with E-state index < -0.39 is 0 Å². The van der Waals surface area contributed by atoms with Crippen molar-refractivity contribution in [3.63, 3.8) is 0 Å². The highest BCUT2D eigenvalue weighted by atomic mass is 16.5. The van der Waals surface area contributed by atoms with Crippen molar-refractivity contribution in [2.75, 3.05) is 11.9 Å². The van der Waals surface area contributed by atoms with E-state index in [9.17, 15) is 0 Å². The molecule has 0 saturated heterocycles. The quantitative estimate of drug-likeness (QED) is 0.395. The lowest BCUT2D eigenvalue weighted by Gasteiger charge is -2.05. The molecule has 0 unspecified atom stereocenters. The molecule has 1 N–H and O–H groups in total. The third kappa shape index (κ3) is 3.73. The number of pyridine rings is 1. The number of aromatic nitrogens is 7. The Kier molecular flexibility index (Phi) is 4.63. The Labute approximate surface area is 189 Å². The van der Waals surface area contributed by atoms with Gasteiger partial charge < -0.3 is 14.3 Å². The maximum atomic E-state index is 5.74. The van der Waals surface area contributed by atoms with E-state index in [1.54, 1.807) is 18.6 Å². The van der Waals surface area contributed by atoms with Gasteiger partial charge in [0.15, 0.2) is 5.65 Å². The van der Waals surface area contributed by atoms with E-state index in [-0.39, 0.29) is 0 Å². The molecule has 5 aromatic heterocycles. The molecule has 0 bridgehead atoms. The van der Waals surface area contributed by atoms with E-state index in [0.29, 0.717) is 35.7 Å². The Morgan fingerprint density at radius 1 is 1.12 bits per heavy atom. The largest absolute Gasteiger partial charge is 0.464 e. The van der Waals surface area contributed by atoms with Crippen LogP contribution < -0.4 is 5.32 Å². The fourth-order valence-corrected chi connectivity index (χ4v) is 3.82. The molecule has 0 atom stereocenters. The van der Waals surface area contributed by atoms with Crippen LogP contribution in [0.25, 0.3) is 34.0 Å². The van der Waals surface area contributed by atoms with Crippen LogP contribution in [0.4, 0.5) is 5.82 Å². The summed E-state index contributed by atoms with van der Waals surface area (Å²) in [5, 5.41) is 12.7. The van der Waals surface area contributed by atoms with Gasteiger partial charge in [-0.3, -0.25) is 0 Å². The van der Waals surface area contributed by atoms with Crippen molar-refractivity contribution < 1.29 is 8.94 Å². The molecule has 1 saturated carbocycles. The Balaban J connectivity index is 1.39. The summed E-state index contributed by atoms with van der Waals surface area (Å²) < 4.78 is 13.2.